The molecule has 86 valence electrons. The van der Waals surface area contributed by atoms with Crippen molar-refractivity contribution in [1.29, 1.82) is 0 Å². The second-order valence-electron chi connectivity index (χ2n) is 5.06. The van der Waals surface area contributed by atoms with Gasteiger partial charge in [0.2, 0.25) is 5.95 Å². The largest absolute Gasteiger partial charge is 0.368 e. The number of aromatic nitrogens is 2. The molecule has 1 aromatic rings. The number of nitrogens with zero attached hydrogens (tertiary/aromatic N) is 3. The maximum Gasteiger partial charge on any atom is 0.221 e. The van der Waals surface area contributed by atoms with Crippen LogP contribution in [0.25, 0.3) is 0 Å². The van der Waals surface area contributed by atoms with Crippen molar-refractivity contribution < 1.29 is 0 Å². The van der Waals surface area contributed by atoms with Crippen LogP contribution in [-0.4, -0.2) is 22.6 Å². The van der Waals surface area contributed by atoms with E-state index in [0.29, 0.717) is 12.0 Å². The topological polar surface area (TPSA) is 55.0 Å². The normalized spacial score (nSPS) is 19.8. The first-order valence-corrected chi connectivity index (χ1v) is 6.10. The van der Waals surface area contributed by atoms with Crippen LogP contribution in [0.5, 0.6) is 0 Å². The number of nitrogens with two attached hydrogens (primary N) is 1. The lowest BCUT2D eigenvalue weighted by Gasteiger charge is -2.25. The lowest BCUT2D eigenvalue weighted by atomic mass is 10.3. The van der Waals surface area contributed by atoms with E-state index in [0.717, 1.165) is 23.8 Å². The summed E-state index contributed by atoms with van der Waals surface area (Å²) in [5, 5.41) is 0. The molecule has 4 heteroatoms. The van der Waals surface area contributed by atoms with Gasteiger partial charge < -0.3 is 10.6 Å². The fraction of sp³-hybridized carbons (Fsp3) is 0.667. The second kappa shape index (κ2) is 3.61. The van der Waals surface area contributed by atoms with Crippen molar-refractivity contribution in [1.82, 2.24) is 9.97 Å². The Morgan fingerprint density at radius 3 is 2.75 bits per heavy atom. The Kier molecular flexibility index (Phi) is 2.23. The van der Waals surface area contributed by atoms with Gasteiger partial charge >= 0.3 is 0 Å². The highest BCUT2D eigenvalue weighted by Gasteiger charge is 2.35. The summed E-state index contributed by atoms with van der Waals surface area (Å²) in [6.45, 7) is 3.22. The van der Waals surface area contributed by atoms with Crippen molar-refractivity contribution in [2.24, 2.45) is 5.92 Å². The molecule has 0 radical (unpaired) electrons. The van der Waals surface area contributed by atoms with Crippen molar-refractivity contribution in [2.75, 3.05) is 17.2 Å². The van der Waals surface area contributed by atoms with Gasteiger partial charge in [-0.1, -0.05) is 0 Å². The summed E-state index contributed by atoms with van der Waals surface area (Å²) in [6.07, 6.45) is 7.19. The van der Waals surface area contributed by atoms with Gasteiger partial charge in [-0.05, 0) is 38.5 Å². The molecule has 0 saturated heterocycles. The molecule has 4 nitrogen and oxygen atoms in total. The van der Waals surface area contributed by atoms with Crippen LogP contribution in [0.15, 0.2) is 6.20 Å². The summed E-state index contributed by atoms with van der Waals surface area (Å²) in [7, 11) is 0. The van der Waals surface area contributed by atoms with Gasteiger partial charge in [-0.25, -0.2) is 4.98 Å². The lowest BCUT2D eigenvalue weighted by molar-refractivity contribution is 0.705. The van der Waals surface area contributed by atoms with Crippen LogP contribution in [-0.2, 0) is 0 Å². The van der Waals surface area contributed by atoms with E-state index in [1.165, 1.54) is 25.7 Å². The first kappa shape index (κ1) is 9.87. The fourth-order valence-electron chi connectivity index (χ4n) is 2.11. The van der Waals surface area contributed by atoms with E-state index in [1.54, 1.807) is 0 Å². The molecule has 0 amide bonds. The van der Waals surface area contributed by atoms with E-state index in [9.17, 15) is 0 Å². The van der Waals surface area contributed by atoms with E-state index in [-0.39, 0.29) is 0 Å². The van der Waals surface area contributed by atoms with Crippen LogP contribution < -0.4 is 10.6 Å². The van der Waals surface area contributed by atoms with E-state index in [2.05, 4.69) is 21.8 Å². The molecule has 3 rings (SSSR count). The van der Waals surface area contributed by atoms with Gasteiger partial charge in [-0.2, -0.15) is 4.98 Å². The van der Waals surface area contributed by atoms with Crippen molar-refractivity contribution in [3.8, 4) is 0 Å². The highest BCUT2D eigenvalue weighted by atomic mass is 15.3. The lowest BCUT2D eigenvalue weighted by Crippen LogP contribution is -2.30. The maximum atomic E-state index is 5.68. The highest BCUT2D eigenvalue weighted by molar-refractivity contribution is 5.50. The Morgan fingerprint density at radius 1 is 1.38 bits per heavy atom. The predicted octanol–water partition coefficient (Wildman–Crippen LogP) is 1.75. The zero-order chi connectivity index (χ0) is 11.1. The zero-order valence-corrected chi connectivity index (χ0v) is 9.69. The van der Waals surface area contributed by atoms with Gasteiger partial charge in [0, 0.05) is 24.3 Å². The van der Waals surface area contributed by atoms with Gasteiger partial charge in [0.15, 0.2) is 0 Å². The molecule has 0 unspecified atom stereocenters. The molecular weight excluding hydrogens is 200 g/mol. The molecule has 1 aromatic heterocycles. The minimum absolute atomic E-state index is 0.391. The predicted molar refractivity (Wildman–Crippen MR) is 64.3 cm³/mol. The SMILES string of the molecule is Cc1cnc(N)nc1N(CC1CC1)C1CC1. The van der Waals surface area contributed by atoms with Gasteiger partial charge in [0.25, 0.3) is 0 Å². The van der Waals surface area contributed by atoms with Crippen molar-refractivity contribution in [3.63, 3.8) is 0 Å². The molecule has 2 saturated carbocycles. The maximum absolute atomic E-state index is 5.68. The number of rotatable bonds is 4. The van der Waals surface area contributed by atoms with Gasteiger partial charge in [0.05, 0.1) is 0 Å². The van der Waals surface area contributed by atoms with E-state index < -0.39 is 0 Å². The van der Waals surface area contributed by atoms with E-state index in [1.807, 2.05) is 6.20 Å². The average Bonchev–Trinajstić information content (AvgIpc) is 3.12. The van der Waals surface area contributed by atoms with Crippen molar-refractivity contribution >= 4 is 11.8 Å². The molecule has 0 aliphatic heterocycles. The zero-order valence-electron chi connectivity index (χ0n) is 9.69. The Bertz CT molecular complexity index is 396. The Labute approximate surface area is 95.9 Å². The average molecular weight is 218 g/mol. The summed E-state index contributed by atoms with van der Waals surface area (Å²) in [5.74, 6) is 2.33. The summed E-state index contributed by atoms with van der Waals surface area (Å²) in [6, 6.07) is 0.702. The summed E-state index contributed by atoms with van der Waals surface area (Å²) in [4.78, 5) is 10.9. The van der Waals surface area contributed by atoms with Gasteiger partial charge in [-0.3, -0.25) is 0 Å². The molecule has 0 aromatic carbocycles. The molecular formula is C12H18N4. The molecule has 0 atom stereocenters. The van der Waals surface area contributed by atoms with Crippen LogP contribution in [0, 0.1) is 12.8 Å². The number of anilines is 2. The fourth-order valence-corrected chi connectivity index (χ4v) is 2.11. The first-order valence-electron chi connectivity index (χ1n) is 6.10. The third-order valence-electron chi connectivity index (χ3n) is 3.38. The Balaban J connectivity index is 1.87. The molecule has 0 bridgehead atoms. The van der Waals surface area contributed by atoms with Crippen molar-refractivity contribution in [3.05, 3.63) is 11.8 Å². The summed E-state index contributed by atoms with van der Waals surface area (Å²) < 4.78 is 0. The monoisotopic (exact) mass is 218 g/mol. The third kappa shape index (κ3) is 1.96. The standard InChI is InChI=1S/C12H18N4/c1-8-6-14-12(13)15-11(8)16(10-4-5-10)7-9-2-3-9/h6,9-10H,2-5,7H2,1H3,(H2,13,14,15). The molecule has 2 aliphatic carbocycles. The van der Waals surface area contributed by atoms with Gasteiger partial charge in [0.1, 0.15) is 5.82 Å². The molecule has 2 N–H and O–H groups in total. The minimum atomic E-state index is 0.391. The van der Waals surface area contributed by atoms with E-state index in [4.69, 9.17) is 5.73 Å². The number of hydrogen-bond donors (Lipinski definition) is 1. The molecule has 2 aliphatic rings. The molecule has 16 heavy (non-hydrogen) atoms. The van der Waals surface area contributed by atoms with E-state index >= 15 is 0 Å². The van der Waals surface area contributed by atoms with Crippen LogP contribution in [0.1, 0.15) is 31.2 Å². The highest BCUT2D eigenvalue weighted by Crippen LogP contribution is 2.37. The summed E-state index contributed by atoms with van der Waals surface area (Å²) >= 11 is 0. The van der Waals surface area contributed by atoms with Crippen LogP contribution in [0.3, 0.4) is 0 Å². The third-order valence-corrected chi connectivity index (χ3v) is 3.38. The number of aryl methyl sites for hydroxylation is 1. The molecule has 2 fully saturated rings. The smallest absolute Gasteiger partial charge is 0.221 e. The number of hydrogen-bond acceptors (Lipinski definition) is 4. The minimum Gasteiger partial charge on any atom is -0.368 e. The Morgan fingerprint density at radius 2 is 2.12 bits per heavy atom. The molecule has 1 heterocycles. The summed E-state index contributed by atoms with van der Waals surface area (Å²) in [5.41, 5.74) is 6.82. The van der Waals surface area contributed by atoms with Crippen molar-refractivity contribution in [2.45, 2.75) is 38.6 Å². The second-order valence-corrected chi connectivity index (χ2v) is 5.06. The molecule has 0 spiro atoms. The van der Waals surface area contributed by atoms with Crippen LogP contribution in [0.2, 0.25) is 0 Å². The first-order chi connectivity index (χ1) is 7.74. The quantitative estimate of drug-likeness (QED) is 0.836. The van der Waals surface area contributed by atoms with Crippen LogP contribution >= 0.6 is 0 Å². The number of nitrogen functional groups attached to an aromatic ring is 1. The van der Waals surface area contributed by atoms with Crippen LogP contribution in [0.4, 0.5) is 11.8 Å². The van der Waals surface area contributed by atoms with Gasteiger partial charge in [-0.15, -0.1) is 0 Å². The Hall–Kier alpha value is -1.32.